The molecule has 7 amide bonds. The molecular formula is C25H51N11O9. The largest absolute Gasteiger partial charge is 0.365 e. The van der Waals surface area contributed by atoms with E-state index in [1.165, 1.54) is 7.05 Å². The third-order valence-electron chi connectivity index (χ3n) is 5.66. The molecule has 260 valence electrons. The van der Waals surface area contributed by atoms with Crippen molar-refractivity contribution in [1.29, 1.82) is 0 Å². The predicted octanol–water partition coefficient (Wildman–Crippen LogP) is -7.02. The summed E-state index contributed by atoms with van der Waals surface area (Å²) in [4.78, 5) is 87.0. The van der Waals surface area contributed by atoms with Crippen molar-refractivity contribution in [2.75, 3.05) is 39.8 Å². The van der Waals surface area contributed by atoms with Crippen LogP contribution in [-0.2, 0) is 33.6 Å². The van der Waals surface area contributed by atoms with Gasteiger partial charge in [0.2, 0.25) is 42.0 Å². The minimum Gasteiger partial charge on any atom is -0.365 e. The first kappa shape index (κ1) is 43.2. The van der Waals surface area contributed by atoms with Crippen LogP contribution in [0.15, 0.2) is 0 Å². The molecule has 45 heavy (non-hydrogen) atoms. The number of hydrogen-bond acceptors (Lipinski definition) is 13. The van der Waals surface area contributed by atoms with Crippen LogP contribution in [-0.4, -0.2) is 122 Å². The second kappa shape index (κ2) is 25.4. The molecule has 0 saturated carbocycles. The van der Waals surface area contributed by atoms with Gasteiger partial charge in [-0.15, -0.1) is 0 Å². The summed E-state index contributed by atoms with van der Waals surface area (Å²) < 4.78 is 0. The van der Waals surface area contributed by atoms with Gasteiger partial charge in [0.1, 0.15) is 18.1 Å². The van der Waals surface area contributed by atoms with Crippen LogP contribution in [0.3, 0.4) is 0 Å². The highest BCUT2D eigenvalue weighted by Crippen LogP contribution is 1.99. The zero-order valence-corrected chi connectivity index (χ0v) is 26.0. The fraction of sp³-hybridized carbons (Fsp3) is 0.720. The maximum Gasteiger partial charge on any atom is 0.270 e. The van der Waals surface area contributed by atoms with Gasteiger partial charge < -0.3 is 70.4 Å². The van der Waals surface area contributed by atoms with Crippen LogP contribution >= 0.6 is 0 Å². The van der Waals surface area contributed by atoms with E-state index in [2.05, 4.69) is 32.3 Å². The average Bonchev–Trinajstić information content (AvgIpc) is 3.02. The summed E-state index contributed by atoms with van der Waals surface area (Å²) in [6.45, 7) is 3.10. The lowest BCUT2D eigenvalue weighted by molar-refractivity contribution is -0.140. The van der Waals surface area contributed by atoms with Crippen molar-refractivity contribution in [3.05, 3.63) is 0 Å². The maximum atomic E-state index is 12.8. The number of aliphatic hydroxyl groups excluding tert-OH is 2. The van der Waals surface area contributed by atoms with Crippen molar-refractivity contribution >= 4 is 41.4 Å². The summed E-state index contributed by atoms with van der Waals surface area (Å²) in [7, 11) is 1.50. The molecule has 0 bridgehead atoms. The number of carbonyl (C=O) groups excluding carboxylic acids is 7. The number of carbonyl (C=O) groups is 7. The van der Waals surface area contributed by atoms with Gasteiger partial charge in [-0.3, -0.25) is 33.6 Å². The van der Waals surface area contributed by atoms with Crippen LogP contribution in [0.4, 0.5) is 0 Å². The quantitative estimate of drug-likeness (QED) is 0.127. The van der Waals surface area contributed by atoms with Crippen molar-refractivity contribution in [1.82, 2.24) is 37.2 Å². The molecule has 1 fully saturated rings. The van der Waals surface area contributed by atoms with Crippen LogP contribution in [0.1, 0.15) is 46.0 Å². The van der Waals surface area contributed by atoms with Gasteiger partial charge in [0.05, 0.1) is 6.54 Å². The Kier molecular flexibility index (Phi) is 24.4. The Bertz CT molecular complexity index is 955. The van der Waals surface area contributed by atoms with Crippen LogP contribution < -0.4 is 60.2 Å². The third-order valence-corrected chi connectivity index (χ3v) is 5.66. The molecule has 0 aliphatic carbocycles. The molecule has 0 aromatic carbocycles. The summed E-state index contributed by atoms with van der Waals surface area (Å²) in [6, 6.07) is -3.78. The Hall–Kier alpha value is -3.95. The summed E-state index contributed by atoms with van der Waals surface area (Å²) >= 11 is 0. The molecule has 1 aliphatic rings. The van der Waals surface area contributed by atoms with E-state index in [1.807, 2.05) is 24.5 Å². The molecule has 1 rings (SSSR count). The van der Waals surface area contributed by atoms with Gasteiger partial charge in [-0.05, 0) is 52.4 Å². The van der Waals surface area contributed by atoms with Crippen LogP contribution in [0.2, 0.25) is 0 Å². The van der Waals surface area contributed by atoms with Gasteiger partial charge in [-0.2, -0.15) is 0 Å². The highest BCUT2D eigenvalue weighted by molar-refractivity contribution is 5.95. The standard InChI is InChI=1S/C22H40N10O9.C2H6.CH5N/c23-6-3-11-16(35)27-10-15(34)31-22(41)21(40)30-12(4-7-24)17(36)29-13(5-8-25)18(37)32-20(39)19(38)26-9-1-2-14(33)28-11;2*1-2/h11-13,20,22,39,41H,1-10,23-25H2,(H,26,38)(H,27,35)(H,28,33)(H,29,36)(H,30,40)(H,31,34)(H,32,37);1-2H3;2H2,1H3. The fourth-order valence-corrected chi connectivity index (χ4v) is 3.51. The van der Waals surface area contributed by atoms with Crippen molar-refractivity contribution in [2.24, 2.45) is 22.9 Å². The topological polar surface area (TPSA) is 348 Å². The van der Waals surface area contributed by atoms with Crippen molar-refractivity contribution in [3.8, 4) is 0 Å². The van der Waals surface area contributed by atoms with Gasteiger partial charge in [0.15, 0.2) is 0 Å². The van der Waals surface area contributed by atoms with Gasteiger partial charge in [0, 0.05) is 13.0 Å². The number of rotatable bonds is 6. The molecule has 0 spiro atoms. The Balaban J connectivity index is 0. The Morgan fingerprint density at radius 1 is 0.578 bits per heavy atom. The zero-order chi connectivity index (χ0) is 34.9. The molecule has 20 nitrogen and oxygen atoms in total. The molecule has 0 aromatic rings. The van der Waals surface area contributed by atoms with E-state index in [-0.39, 0.29) is 58.3 Å². The third kappa shape index (κ3) is 17.8. The SMILES string of the molecule is CC.CN.NCCC1NC(=O)CCCNC(=O)C(O)NC(=O)C(CCN)NC(=O)C(CCN)NC(=O)C(O)NC(=O)CNC1=O. The van der Waals surface area contributed by atoms with Crippen molar-refractivity contribution in [3.63, 3.8) is 0 Å². The molecule has 0 radical (unpaired) electrons. The summed E-state index contributed by atoms with van der Waals surface area (Å²) in [5.74, 6) is -6.34. The van der Waals surface area contributed by atoms with E-state index in [4.69, 9.17) is 17.2 Å². The number of hydrogen-bond donors (Lipinski definition) is 13. The monoisotopic (exact) mass is 649 g/mol. The highest BCUT2D eigenvalue weighted by atomic mass is 16.3. The molecule has 17 N–H and O–H groups in total. The Morgan fingerprint density at radius 2 is 1.02 bits per heavy atom. The normalized spacial score (nSPS) is 24.7. The predicted molar refractivity (Wildman–Crippen MR) is 162 cm³/mol. The number of nitrogens with one attached hydrogen (secondary N) is 7. The molecule has 1 saturated heterocycles. The maximum absolute atomic E-state index is 12.8. The number of aliphatic hydroxyl groups is 2. The fourth-order valence-electron chi connectivity index (χ4n) is 3.51. The first-order chi connectivity index (χ1) is 21.4. The first-order valence-corrected chi connectivity index (χ1v) is 14.5. The summed E-state index contributed by atoms with van der Waals surface area (Å²) in [5, 5.41) is 35.7. The Morgan fingerprint density at radius 3 is 1.53 bits per heavy atom. The lowest BCUT2D eigenvalue weighted by Crippen LogP contribution is -2.59. The lowest BCUT2D eigenvalue weighted by Gasteiger charge is -2.24. The summed E-state index contributed by atoms with van der Waals surface area (Å²) in [6.07, 6.45) is -4.39. The Labute approximate surface area is 261 Å². The van der Waals surface area contributed by atoms with Gasteiger partial charge >= 0.3 is 0 Å². The van der Waals surface area contributed by atoms with E-state index in [0.29, 0.717) is 0 Å². The molecule has 1 aliphatic heterocycles. The van der Waals surface area contributed by atoms with E-state index >= 15 is 0 Å². The molecule has 20 heteroatoms. The first-order valence-electron chi connectivity index (χ1n) is 14.5. The highest BCUT2D eigenvalue weighted by Gasteiger charge is 2.30. The van der Waals surface area contributed by atoms with E-state index in [9.17, 15) is 43.8 Å². The summed E-state index contributed by atoms with van der Waals surface area (Å²) in [5.41, 5.74) is 21.0. The van der Waals surface area contributed by atoms with E-state index in [0.717, 1.165) is 0 Å². The molecule has 0 aromatic heterocycles. The van der Waals surface area contributed by atoms with Gasteiger partial charge in [-0.25, -0.2) is 0 Å². The number of nitrogens with two attached hydrogens (primary N) is 4. The van der Waals surface area contributed by atoms with Crippen LogP contribution in [0, 0.1) is 0 Å². The molecular weight excluding hydrogens is 598 g/mol. The van der Waals surface area contributed by atoms with Gasteiger partial charge in [0.25, 0.3) is 11.8 Å². The smallest absolute Gasteiger partial charge is 0.270 e. The van der Waals surface area contributed by atoms with Crippen molar-refractivity contribution in [2.45, 2.75) is 76.5 Å². The molecule has 1 heterocycles. The van der Waals surface area contributed by atoms with Crippen LogP contribution in [0.25, 0.3) is 0 Å². The molecule has 5 atom stereocenters. The minimum atomic E-state index is -2.13. The zero-order valence-electron chi connectivity index (χ0n) is 26.0. The van der Waals surface area contributed by atoms with Crippen molar-refractivity contribution < 1.29 is 43.8 Å². The van der Waals surface area contributed by atoms with E-state index < -0.39 is 78.5 Å². The van der Waals surface area contributed by atoms with Crippen LogP contribution in [0.5, 0.6) is 0 Å². The minimum absolute atomic E-state index is 0.0206. The number of amides is 7. The second-order valence-electron chi connectivity index (χ2n) is 8.97. The van der Waals surface area contributed by atoms with E-state index in [1.54, 1.807) is 0 Å². The molecule has 5 unspecified atom stereocenters. The lowest BCUT2D eigenvalue weighted by atomic mass is 10.1. The average molecular weight is 650 g/mol. The second-order valence-corrected chi connectivity index (χ2v) is 8.97. The van der Waals surface area contributed by atoms with Gasteiger partial charge in [-0.1, -0.05) is 13.8 Å².